The maximum atomic E-state index is 15.6. The minimum absolute atomic E-state index is 0.0639. The van der Waals surface area contributed by atoms with Gasteiger partial charge in [-0.15, -0.1) is 0 Å². The third-order valence-electron chi connectivity index (χ3n) is 9.24. The summed E-state index contributed by atoms with van der Waals surface area (Å²) in [5.74, 6) is -2.54. The molecule has 1 N–H and O–H groups in total. The zero-order chi connectivity index (χ0) is 32.3. The van der Waals surface area contributed by atoms with E-state index in [0.29, 0.717) is 38.4 Å². The second-order valence-corrected chi connectivity index (χ2v) is 12.4. The van der Waals surface area contributed by atoms with Gasteiger partial charge in [-0.25, -0.2) is 9.37 Å². The highest BCUT2D eigenvalue weighted by Crippen LogP contribution is 2.41. The summed E-state index contributed by atoms with van der Waals surface area (Å²) in [5.41, 5.74) is -0.585. The van der Waals surface area contributed by atoms with Crippen LogP contribution in [0.4, 0.5) is 34.8 Å². The van der Waals surface area contributed by atoms with Crippen LogP contribution in [0.2, 0.25) is 0 Å². The van der Waals surface area contributed by atoms with E-state index in [9.17, 15) is 27.6 Å². The second kappa shape index (κ2) is 11.4. The lowest BCUT2D eigenvalue weighted by molar-refractivity contribution is -0.138. The largest absolute Gasteiger partial charge is 0.416 e. The predicted octanol–water partition coefficient (Wildman–Crippen LogP) is 2.42. The van der Waals surface area contributed by atoms with Gasteiger partial charge in [0, 0.05) is 77.4 Å². The molecule has 0 saturated carbocycles. The van der Waals surface area contributed by atoms with Gasteiger partial charge in [-0.1, -0.05) is 12.6 Å². The molecule has 0 radical (unpaired) electrons. The molecule has 2 aromatic rings. The number of aromatic nitrogens is 1. The Hall–Kier alpha value is -4.04. The van der Waals surface area contributed by atoms with Crippen LogP contribution in [0.1, 0.15) is 17.7 Å². The van der Waals surface area contributed by atoms with E-state index in [1.807, 2.05) is 4.90 Å². The molecule has 0 bridgehead atoms. The number of anilines is 3. The molecule has 3 fully saturated rings. The minimum Gasteiger partial charge on any atom is -0.366 e. The number of para-hydroxylation sites is 1. The Labute approximate surface area is 258 Å². The maximum absolute atomic E-state index is 15.6. The number of piperazine rings is 1. The molecule has 5 heterocycles. The lowest BCUT2D eigenvalue weighted by atomic mass is 9.87. The van der Waals surface area contributed by atoms with Gasteiger partial charge in [-0.3, -0.25) is 24.2 Å². The van der Waals surface area contributed by atoms with E-state index in [1.165, 1.54) is 37.1 Å². The molecule has 1 aromatic carbocycles. The fourth-order valence-corrected chi connectivity index (χ4v) is 7.14. The number of halogens is 4. The van der Waals surface area contributed by atoms with Crippen molar-refractivity contribution in [3.63, 3.8) is 0 Å². The highest BCUT2D eigenvalue weighted by atomic mass is 19.4. The zero-order valence-corrected chi connectivity index (χ0v) is 25.1. The average molecular weight is 630 g/mol. The highest BCUT2D eigenvalue weighted by molar-refractivity contribution is 6.10. The monoisotopic (exact) mass is 629 g/mol. The number of amides is 3. The molecule has 0 unspecified atom stereocenters. The minimum atomic E-state index is -4.67. The van der Waals surface area contributed by atoms with Crippen LogP contribution in [-0.4, -0.2) is 103 Å². The summed E-state index contributed by atoms with van der Waals surface area (Å²) < 4.78 is 56.6. The molecule has 4 aliphatic rings. The topological polar surface area (TPSA) is 92.3 Å². The Bertz CT molecular complexity index is 1540. The van der Waals surface area contributed by atoms with E-state index in [4.69, 9.17) is 0 Å². The first-order valence-corrected chi connectivity index (χ1v) is 14.9. The number of likely N-dealkylation sites (tertiary alicyclic amines) is 1. The number of nitrogens with one attached hydrogen (secondary N) is 1. The number of likely N-dealkylation sites (N-methyl/N-ethyl adjacent to an activating group) is 1. The molecular formula is C31H35F4N7O3. The Morgan fingerprint density at radius 1 is 1.18 bits per heavy atom. The number of alkyl halides is 3. The van der Waals surface area contributed by atoms with E-state index < -0.39 is 41.3 Å². The molecule has 45 heavy (non-hydrogen) atoms. The SMILES string of the molecule is C=CC(=O)N1CC2(CN(CCN3C[C@H]4CC(=O)N(c5cc(C(F)(F)F)cc(C)n5)[C@@H]4C(=O)N(C)c4cccc(F)c43)CCN2)C1. The van der Waals surface area contributed by atoms with Gasteiger partial charge in [-0.05, 0) is 37.3 Å². The third-order valence-corrected chi connectivity index (χ3v) is 9.24. The summed E-state index contributed by atoms with van der Waals surface area (Å²) in [4.78, 5) is 51.8. The zero-order valence-electron chi connectivity index (χ0n) is 25.1. The summed E-state index contributed by atoms with van der Waals surface area (Å²) in [6, 6.07) is 5.02. The van der Waals surface area contributed by atoms with Crippen LogP contribution in [-0.2, 0) is 20.6 Å². The lowest BCUT2D eigenvalue weighted by Gasteiger charge is -2.55. The van der Waals surface area contributed by atoms with Crippen LogP contribution in [0.5, 0.6) is 0 Å². The van der Waals surface area contributed by atoms with Crippen LogP contribution in [0.25, 0.3) is 0 Å². The molecule has 1 aromatic heterocycles. The normalized spacial score (nSPS) is 23.4. The van der Waals surface area contributed by atoms with Crippen molar-refractivity contribution in [1.29, 1.82) is 0 Å². The van der Waals surface area contributed by atoms with Gasteiger partial charge in [0.05, 0.1) is 22.5 Å². The van der Waals surface area contributed by atoms with Gasteiger partial charge < -0.3 is 20.0 Å². The van der Waals surface area contributed by atoms with E-state index in [-0.39, 0.29) is 41.6 Å². The van der Waals surface area contributed by atoms with Gasteiger partial charge in [0.2, 0.25) is 17.7 Å². The fraction of sp³-hybridized carbons (Fsp3) is 0.484. The molecule has 240 valence electrons. The Morgan fingerprint density at radius 2 is 1.93 bits per heavy atom. The summed E-state index contributed by atoms with van der Waals surface area (Å²) in [6.45, 7) is 9.29. The van der Waals surface area contributed by atoms with Gasteiger partial charge >= 0.3 is 6.18 Å². The summed E-state index contributed by atoms with van der Waals surface area (Å²) in [7, 11) is 1.49. The number of hydrogen-bond acceptors (Lipinski definition) is 7. The lowest BCUT2D eigenvalue weighted by Crippen LogP contribution is -2.76. The van der Waals surface area contributed by atoms with Crippen molar-refractivity contribution in [1.82, 2.24) is 20.1 Å². The first-order chi connectivity index (χ1) is 21.3. The van der Waals surface area contributed by atoms with Gasteiger partial charge in [0.1, 0.15) is 17.7 Å². The molecule has 2 atom stereocenters. The Kier molecular flexibility index (Phi) is 7.84. The van der Waals surface area contributed by atoms with Crippen molar-refractivity contribution < 1.29 is 31.9 Å². The molecule has 4 aliphatic heterocycles. The first-order valence-electron chi connectivity index (χ1n) is 14.9. The molecule has 6 rings (SSSR count). The van der Waals surface area contributed by atoms with Crippen molar-refractivity contribution in [3.05, 3.63) is 60.1 Å². The van der Waals surface area contributed by atoms with Crippen LogP contribution in [0, 0.1) is 18.7 Å². The number of carbonyl (C=O) groups is 3. The molecule has 3 saturated heterocycles. The molecule has 3 amide bonds. The van der Waals surface area contributed by atoms with Gasteiger partial charge in [0.15, 0.2) is 0 Å². The predicted molar refractivity (Wildman–Crippen MR) is 159 cm³/mol. The van der Waals surface area contributed by atoms with Gasteiger partial charge in [0.25, 0.3) is 0 Å². The standard InChI is InChI=1S/C31H35F4N7O3/c1-4-25(43)41-17-30(18-41)16-39(9-8-36-30)10-11-40-15-20-13-26(44)42(24-14-21(31(33,34)35)12-19(2)37-24)27(20)29(45)38(3)23-7-5-6-22(32)28(23)40/h4-7,12,14,20,27,36H,1,8-11,13,15-18H2,2-3H3/t20-,27+/m1/s1. The van der Waals surface area contributed by atoms with E-state index in [0.717, 1.165) is 30.1 Å². The van der Waals surface area contributed by atoms with Crippen LogP contribution >= 0.6 is 0 Å². The van der Waals surface area contributed by atoms with Crippen molar-refractivity contribution in [2.75, 3.05) is 74.1 Å². The average Bonchev–Trinajstić information content (AvgIpc) is 3.30. The van der Waals surface area contributed by atoms with Crippen LogP contribution in [0.3, 0.4) is 0 Å². The number of rotatable bonds is 5. The molecular weight excluding hydrogens is 594 g/mol. The molecule has 1 spiro atoms. The van der Waals surface area contributed by atoms with E-state index >= 15 is 4.39 Å². The summed E-state index contributed by atoms with van der Waals surface area (Å²) in [6.07, 6.45) is -3.47. The number of carbonyl (C=O) groups excluding carboxylic acids is 3. The molecule has 0 aliphatic carbocycles. The van der Waals surface area contributed by atoms with Crippen LogP contribution < -0.4 is 20.0 Å². The summed E-state index contributed by atoms with van der Waals surface area (Å²) >= 11 is 0. The number of pyridine rings is 1. The molecule has 14 heteroatoms. The quantitative estimate of drug-likeness (QED) is 0.402. The van der Waals surface area contributed by atoms with E-state index in [1.54, 1.807) is 11.0 Å². The van der Waals surface area contributed by atoms with Crippen LogP contribution in [0.15, 0.2) is 43.0 Å². The summed E-state index contributed by atoms with van der Waals surface area (Å²) in [5, 5.41) is 3.53. The molecule has 10 nitrogen and oxygen atoms in total. The number of nitrogens with zero attached hydrogens (tertiary/aromatic N) is 6. The Balaban J connectivity index is 1.28. The number of aryl methyl sites for hydroxylation is 1. The fourth-order valence-electron chi connectivity index (χ4n) is 7.14. The number of benzene rings is 1. The second-order valence-electron chi connectivity index (χ2n) is 12.4. The number of fused-ring (bicyclic) bond motifs is 2. The van der Waals surface area contributed by atoms with E-state index in [2.05, 4.69) is 21.8 Å². The van der Waals surface area contributed by atoms with Crippen molar-refractivity contribution in [2.45, 2.75) is 31.1 Å². The van der Waals surface area contributed by atoms with Crippen molar-refractivity contribution >= 4 is 34.9 Å². The third kappa shape index (κ3) is 5.65. The van der Waals surface area contributed by atoms with Gasteiger partial charge in [-0.2, -0.15) is 13.2 Å². The van der Waals surface area contributed by atoms with Crippen molar-refractivity contribution in [2.24, 2.45) is 5.92 Å². The van der Waals surface area contributed by atoms with Crippen molar-refractivity contribution in [3.8, 4) is 0 Å². The number of hydrogen-bond donors (Lipinski definition) is 1. The first kappa shape index (κ1) is 31.0. The highest BCUT2D eigenvalue weighted by Gasteiger charge is 2.50. The maximum Gasteiger partial charge on any atom is 0.416 e. The smallest absolute Gasteiger partial charge is 0.366 e. The Morgan fingerprint density at radius 3 is 2.64 bits per heavy atom.